The lowest BCUT2D eigenvalue weighted by molar-refractivity contribution is 0.414. The molecule has 1 aliphatic carbocycles. The molecule has 22 heavy (non-hydrogen) atoms. The van der Waals surface area contributed by atoms with Gasteiger partial charge in [0.15, 0.2) is 0 Å². The van der Waals surface area contributed by atoms with E-state index in [2.05, 4.69) is 55.5 Å². The topological polar surface area (TPSA) is 0 Å². The van der Waals surface area contributed by atoms with Crippen LogP contribution in [0.15, 0.2) is 48.5 Å². The predicted molar refractivity (Wildman–Crippen MR) is 96.5 cm³/mol. The van der Waals surface area contributed by atoms with Crippen molar-refractivity contribution < 1.29 is 0 Å². The summed E-state index contributed by atoms with van der Waals surface area (Å²) in [5.41, 5.74) is 3.23. The Morgan fingerprint density at radius 2 is 1.77 bits per heavy atom. The number of fused-ring (bicyclic) bond motifs is 5. The summed E-state index contributed by atoms with van der Waals surface area (Å²) < 4.78 is 0. The van der Waals surface area contributed by atoms with Gasteiger partial charge in [-0.25, -0.2) is 0 Å². The number of rotatable bonds is 3. The largest absolute Gasteiger partial charge is 0.0654 e. The molecular formula is C22H24. The van der Waals surface area contributed by atoms with Crippen LogP contribution in [0.3, 0.4) is 0 Å². The van der Waals surface area contributed by atoms with Crippen LogP contribution in [0, 0.1) is 5.92 Å². The fourth-order valence-electron chi connectivity index (χ4n) is 4.18. The second kappa shape index (κ2) is 5.76. The molecule has 0 radical (unpaired) electrons. The van der Waals surface area contributed by atoms with Crippen LogP contribution in [0.5, 0.6) is 0 Å². The molecule has 0 heterocycles. The van der Waals surface area contributed by atoms with E-state index in [0.717, 1.165) is 5.92 Å². The van der Waals surface area contributed by atoms with E-state index in [1.807, 2.05) is 0 Å². The predicted octanol–water partition coefficient (Wildman–Crippen LogP) is 6.29. The van der Waals surface area contributed by atoms with Crippen molar-refractivity contribution in [2.24, 2.45) is 5.92 Å². The Balaban J connectivity index is 1.79. The standard InChI is InChI=1S/C22H24/c1-2-3-6-16-9-12-20-18(15-16)11-14-21-19-8-5-4-7-17(19)10-13-22(20)21/h4-5,7-8,10-11,13-14,16H,2-3,6,9,12,15H2,1H3. The smallest absolute Gasteiger partial charge is 0.0102 e. The third-order valence-electron chi connectivity index (χ3n) is 5.41. The summed E-state index contributed by atoms with van der Waals surface area (Å²) in [5.74, 6) is 0.908. The van der Waals surface area contributed by atoms with Gasteiger partial charge in [-0.1, -0.05) is 74.7 Å². The van der Waals surface area contributed by atoms with E-state index < -0.39 is 0 Å². The highest BCUT2D eigenvalue weighted by Crippen LogP contribution is 2.35. The molecule has 4 rings (SSSR count). The van der Waals surface area contributed by atoms with Crippen molar-refractivity contribution in [2.45, 2.75) is 45.4 Å². The molecule has 3 aromatic carbocycles. The number of hydrogen-bond acceptors (Lipinski definition) is 0. The zero-order chi connectivity index (χ0) is 14.9. The average Bonchev–Trinajstić information content (AvgIpc) is 2.59. The summed E-state index contributed by atoms with van der Waals surface area (Å²) in [4.78, 5) is 0. The summed E-state index contributed by atoms with van der Waals surface area (Å²) in [5, 5.41) is 5.68. The van der Waals surface area contributed by atoms with Crippen molar-refractivity contribution in [3.63, 3.8) is 0 Å². The fraction of sp³-hybridized carbons (Fsp3) is 0.364. The molecule has 1 unspecified atom stereocenters. The van der Waals surface area contributed by atoms with E-state index in [0.29, 0.717) is 0 Å². The van der Waals surface area contributed by atoms with Gasteiger partial charge in [0.2, 0.25) is 0 Å². The Hall–Kier alpha value is -1.82. The van der Waals surface area contributed by atoms with E-state index in [1.54, 1.807) is 11.1 Å². The molecule has 0 bridgehead atoms. The third kappa shape index (κ3) is 2.31. The van der Waals surface area contributed by atoms with E-state index in [-0.39, 0.29) is 0 Å². The van der Waals surface area contributed by atoms with E-state index in [1.165, 1.54) is 60.1 Å². The molecular weight excluding hydrogens is 264 g/mol. The second-order valence-electron chi connectivity index (χ2n) is 6.84. The van der Waals surface area contributed by atoms with Crippen LogP contribution in [-0.4, -0.2) is 0 Å². The van der Waals surface area contributed by atoms with Gasteiger partial charge in [0, 0.05) is 0 Å². The van der Waals surface area contributed by atoms with Gasteiger partial charge >= 0.3 is 0 Å². The Morgan fingerprint density at radius 1 is 0.909 bits per heavy atom. The highest BCUT2D eigenvalue weighted by Gasteiger charge is 2.20. The number of hydrogen-bond donors (Lipinski definition) is 0. The first-order chi connectivity index (χ1) is 10.9. The van der Waals surface area contributed by atoms with Gasteiger partial charge in [0.1, 0.15) is 0 Å². The molecule has 0 saturated carbocycles. The first-order valence-electron chi connectivity index (χ1n) is 8.79. The van der Waals surface area contributed by atoms with Crippen LogP contribution in [-0.2, 0) is 12.8 Å². The van der Waals surface area contributed by atoms with Crippen LogP contribution >= 0.6 is 0 Å². The molecule has 0 spiro atoms. The van der Waals surface area contributed by atoms with Gasteiger partial charge in [0.25, 0.3) is 0 Å². The highest BCUT2D eigenvalue weighted by molar-refractivity contribution is 6.08. The molecule has 0 aromatic heterocycles. The van der Waals surface area contributed by atoms with Crippen molar-refractivity contribution >= 4 is 21.5 Å². The molecule has 1 atom stereocenters. The van der Waals surface area contributed by atoms with Crippen molar-refractivity contribution in [3.8, 4) is 0 Å². The number of benzene rings is 3. The second-order valence-corrected chi connectivity index (χ2v) is 6.84. The van der Waals surface area contributed by atoms with Crippen LogP contribution in [0.1, 0.15) is 43.7 Å². The molecule has 0 aliphatic heterocycles. The van der Waals surface area contributed by atoms with Gasteiger partial charge in [-0.3, -0.25) is 0 Å². The molecule has 0 heteroatoms. The maximum absolute atomic E-state index is 2.40. The lowest BCUT2D eigenvalue weighted by atomic mass is 9.79. The van der Waals surface area contributed by atoms with Gasteiger partial charge in [-0.05, 0) is 57.9 Å². The Kier molecular flexibility index (Phi) is 3.62. The third-order valence-corrected chi connectivity index (χ3v) is 5.41. The highest BCUT2D eigenvalue weighted by atomic mass is 14.2. The summed E-state index contributed by atoms with van der Waals surface area (Å²) in [7, 11) is 0. The Morgan fingerprint density at radius 3 is 2.68 bits per heavy atom. The van der Waals surface area contributed by atoms with E-state index in [9.17, 15) is 0 Å². The van der Waals surface area contributed by atoms with E-state index in [4.69, 9.17) is 0 Å². The minimum atomic E-state index is 0.908. The average molecular weight is 288 g/mol. The molecule has 0 nitrogen and oxygen atoms in total. The van der Waals surface area contributed by atoms with Gasteiger partial charge in [0.05, 0.1) is 0 Å². The maximum atomic E-state index is 2.40. The first kappa shape index (κ1) is 13.8. The minimum Gasteiger partial charge on any atom is -0.0654 e. The zero-order valence-electron chi connectivity index (χ0n) is 13.4. The van der Waals surface area contributed by atoms with Crippen LogP contribution < -0.4 is 0 Å². The molecule has 3 aromatic rings. The molecule has 0 fully saturated rings. The Bertz CT molecular complexity index is 813. The van der Waals surface area contributed by atoms with Gasteiger partial charge < -0.3 is 0 Å². The summed E-state index contributed by atoms with van der Waals surface area (Å²) in [6, 6.07) is 18.2. The summed E-state index contributed by atoms with van der Waals surface area (Å²) in [6.45, 7) is 2.30. The monoisotopic (exact) mass is 288 g/mol. The van der Waals surface area contributed by atoms with Crippen molar-refractivity contribution in [3.05, 3.63) is 59.7 Å². The number of unbranched alkanes of at least 4 members (excludes halogenated alkanes) is 1. The molecule has 0 saturated heterocycles. The van der Waals surface area contributed by atoms with Gasteiger partial charge in [-0.2, -0.15) is 0 Å². The van der Waals surface area contributed by atoms with Crippen molar-refractivity contribution in [1.29, 1.82) is 0 Å². The quantitative estimate of drug-likeness (QED) is 0.497. The van der Waals surface area contributed by atoms with Crippen LogP contribution in [0.4, 0.5) is 0 Å². The molecule has 112 valence electrons. The molecule has 0 N–H and O–H groups in total. The maximum Gasteiger partial charge on any atom is -0.0102 e. The minimum absolute atomic E-state index is 0.908. The Labute approximate surface area is 133 Å². The number of aryl methyl sites for hydroxylation is 1. The summed E-state index contributed by atoms with van der Waals surface area (Å²) >= 11 is 0. The van der Waals surface area contributed by atoms with Crippen LogP contribution in [0.2, 0.25) is 0 Å². The normalized spacial score (nSPS) is 17.8. The zero-order valence-corrected chi connectivity index (χ0v) is 13.4. The first-order valence-corrected chi connectivity index (χ1v) is 8.79. The lowest BCUT2D eigenvalue weighted by Gasteiger charge is -2.26. The van der Waals surface area contributed by atoms with Crippen molar-refractivity contribution in [2.75, 3.05) is 0 Å². The SMILES string of the molecule is CCCCC1CCc2c(ccc3c2ccc2ccccc23)C1. The van der Waals surface area contributed by atoms with Crippen molar-refractivity contribution in [1.82, 2.24) is 0 Å². The van der Waals surface area contributed by atoms with E-state index >= 15 is 0 Å². The van der Waals surface area contributed by atoms with Crippen LogP contribution in [0.25, 0.3) is 21.5 Å². The molecule has 0 amide bonds. The lowest BCUT2D eigenvalue weighted by Crippen LogP contribution is -2.14. The fourth-order valence-corrected chi connectivity index (χ4v) is 4.18. The van der Waals surface area contributed by atoms with Gasteiger partial charge in [-0.15, -0.1) is 0 Å². The summed E-state index contributed by atoms with van der Waals surface area (Å²) in [6.07, 6.45) is 8.05. The molecule has 1 aliphatic rings.